The van der Waals surface area contributed by atoms with Crippen molar-refractivity contribution < 1.29 is 4.42 Å². The Morgan fingerprint density at radius 3 is 1.70 bits per heavy atom. The third-order valence-electron chi connectivity index (χ3n) is 12.7. The van der Waals surface area contributed by atoms with E-state index in [2.05, 4.69) is 248 Å². The van der Waals surface area contributed by atoms with Crippen molar-refractivity contribution in [2.75, 3.05) is 4.90 Å². The highest BCUT2D eigenvalue weighted by Crippen LogP contribution is 2.44. The Bertz CT molecular complexity index is 3660. The molecule has 0 amide bonds. The van der Waals surface area contributed by atoms with Crippen LogP contribution in [-0.4, -0.2) is 0 Å². The van der Waals surface area contributed by atoms with Crippen molar-refractivity contribution in [3.63, 3.8) is 0 Å². The number of furan rings is 1. The highest BCUT2D eigenvalue weighted by atomic mass is 16.3. The zero-order chi connectivity index (χ0) is 42.4. The smallest absolute Gasteiger partial charge is 0.136 e. The van der Waals surface area contributed by atoms with Crippen molar-refractivity contribution in [2.45, 2.75) is 0 Å². The van der Waals surface area contributed by atoms with Gasteiger partial charge in [-0.05, 0) is 132 Å². The molecule has 2 heteroatoms. The Morgan fingerprint density at radius 2 is 0.875 bits per heavy atom. The lowest BCUT2D eigenvalue weighted by molar-refractivity contribution is 0.669. The van der Waals surface area contributed by atoms with Gasteiger partial charge < -0.3 is 9.32 Å². The molecule has 0 N–H and O–H groups in total. The van der Waals surface area contributed by atoms with Crippen LogP contribution in [0.25, 0.3) is 99.1 Å². The third kappa shape index (κ3) is 6.70. The molecule has 0 atom stereocenters. The molecule has 2 nitrogen and oxygen atoms in total. The van der Waals surface area contributed by atoms with E-state index < -0.39 is 0 Å². The maximum atomic E-state index is 6.29. The third-order valence-corrected chi connectivity index (χ3v) is 12.7. The van der Waals surface area contributed by atoms with E-state index in [9.17, 15) is 0 Å². The quantitative estimate of drug-likeness (QED) is 0.152. The summed E-state index contributed by atoms with van der Waals surface area (Å²) in [6, 6.07) is 89.8. The van der Waals surface area contributed by atoms with Crippen LogP contribution in [0.2, 0.25) is 0 Å². The molecule has 0 aliphatic heterocycles. The van der Waals surface area contributed by atoms with Gasteiger partial charge in [0.05, 0.1) is 5.69 Å². The van der Waals surface area contributed by atoms with Gasteiger partial charge in [0.25, 0.3) is 0 Å². The molecule has 0 saturated heterocycles. The molecule has 0 fully saturated rings. The van der Waals surface area contributed by atoms with E-state index in [-0.39, 0.29) is 0 Å². The second kappa shape index (κ2) is 15.8. The minimum Gasteiger partial charge on any atom is -0.456 e. The Labute approximate surface area is 372 Å². The van der Waals surface area contributed by atoms with Crippen molar-refractivity contribution >= 4 is 60.5 Å². The second-order valence-corrected chi connectivity index (χ2v) is 16.5. The number of anilines is 3. The molecule has 11 aromatic carbocycles. The summed E-state index contributed by atoms with van der Waals surface area (Å²) in [7, 11) is 0. The van der Waals surface area contributed by atoms with E-state index in [1.165, 1.54) is 60.5 Å². The molecule has 300 valence electrons. The van der Waals surface area contributed by atoms with Crippen LogP contribution in [0, 0.1) is 0 Å². The molecule has 1 heterocycles. The Kier molecular flexibility index (Phi) is 9.20. The van der Waals surface area contributed by atoms with Crippen molar-refractivity contribution in [3.8, 4) is 55.6 Å². The normalized spacial score (nSPS) is 11.4. The molecule has 12 rings (SSSR count). The van der Waals surface area contributed by atoms with E-state index in [1.807, 2.05) is 6.07 Å². The van der Waals surface area contributed by atoms with Gasteiger partial charge in [0, 0.05) is 27.7 Å². The van der Waals surface area contributed by atoms with Crippen molar-refractivity contribution in [3.05, 3.63) is 249 Å². The summed E-state index contributed by atoms with van der Waals surface area (Å²) < 4.78 is 6.29. The maximum absolute atomic E-state index is 6.29. The number of rotatable bonds is 8. The highest BCUT2D eigenvalue weighted by Gasteiger charge is 2.20. The van der Waals surface area contributed by atoms with E-state index in [1.54, 1.807) is 0 Å². The summed E-state index contributed by atoms with van der Waals surface area (Å²) in [5, 5.41) is 7.18. The van der Waals surface area contributed by atoms with Gasteiger partial charge in [-0.3, -0.25) is 0 Å². The van der Waals surface area contributed by atoms with Crippen molar-refractivity contribution in [1.82, 2.24) is 0 Å². The Hall–Kier alpha value is -8.46. The summed E-state index contributed by atoms with van der Waals surface area (Å²) >= 11 is 0. The largest absolute Gasteiger partial charge is 0.456 e. The number of hydrogen-bond acceptors (Lipinski definition) is 2. The molecule has 0 aliphatic rings. The first-order valence-corrected chi connectivity index (χ1v) is 21.9. The molecule has 0 unspecified atom stereocenters. The minimum absolute atomic E-state index is 0.910. The summed E-state index contributed by atoms with van der Waals surface area (Å²) in [4.78, 5) is 2.40. The van der Waals surface area contributed by atoms with Gasteiger partial charge >= 0.3 is 0 Å². The Balaban J connectivity index is 0.991. The van der Waals surface area contributed by atoms with Crippen molar-refractivity contribution in [2.24, 2.45) is 0 Å². The first-order valence-electron chi connectivity index (χ1n) is 21.9. The number of benzene rings is 11. The van der Waals surface area contributed by atoms with Crippen LogP contribution in [-0.2, 0) is 0 Å². The van der Waals surface area contributed by atoms with Crippen LogP contribution >= 0.6 is 0 Å². The number of para-hydroxylation sites is 2. The molecule has 0 aliphatic carbocycles. The van der Waals surface area contributed by atoms with Crippen molar-refractivity contribution in [1.29, 1.82) is 0 Å². The predicted molar refractivity (Wildman–Crippen MR) is 271 cm³/mol. The highest BCUT2D eigenvalue weighted by molar-refractivity contribution is 6.19. The Morgan fingerprint density at radius 1 is 0.266 bits per heavy atom. The monoisotopic (exact) mass is 815 g/mol. The van der Waals surface area contributed by atoms with Crippen LogP contribution in [0.1, 0.15) is 0 Å². The average Bonchev–Trinajstić information content (AvgIpc) is 3.76. The summed E-state index contributed by atoms with van der Waals surface area (Å²) in [5.41, 5.74) is 16.8. The fourth-order valence-electron chi connectivity index (χ4n) is 9.50. The fraction of sp³-hybridized carbons (Fsp3) is 0. The van der Waals surface area contributed by atoms with E-state index in [0.717, 1.165) is 55.7 Å². The van der Waals surface area contributed by atoms with E-state index in [4.69, 9.17) is 4.42 Å². The zero-order valence-electron chi connectivity index (χ0n) is 35.0. The minimum atomic E-state index is 0.910. The predicted octanol–water partition coefficient (Wildman–Crippen LogP) is 17.7. The number of fused-ring (bicyclic) bond motifs is 6. The van der Waals surface area contributed by atoms with Gasteiger partial charge in [0.1, 0.15) is 11.2 Å². The standard InChI is InChI=1S/C62H41NO/c1-3-15-44(16-4-1)55-22-9-11-24-59(55)63(52-34-30-43(31-35-52)48-28-26-42-14-7-8-19-47(42)38-48)53-21-13-20-51(39-53)54-36-32-50(40-57(54)45-17-5-2-6-18-45)49-29-27-46-33-37-61-62(58(46)41-49)56-23-10-12-25-60(56)64-61/h1-41H. The molecule has 12 aromatic rings. The maximum Gasteiger partial charge on any atom is 0.136 e. The number of hydrogen-bond donors (Lipinski definition) is 0. The lowest BCUT2D eigenvalue weighted by atomic mass is 9.90. The van der Waals surface area contributed by atoms with Gasteiger partial charge in [-0.2, -0.15) is 0 Å². The molecule has 0 saturated carbocycles. The average molecular weight is 816 g/mol. The van der Waals surface area contributed by atoms with Crippen LogP contribution in [0.15, 0.2) is 253 Å². The fourth-order valence-corrected chi connectivity index (χ4v) is 9.50. The first kappa shape index (κ1) is 37.3. The lowest BCUT2D eigenvalue weighted by Crippen LogP contribution is -2.11. The SMILES string of the molecule is c1ccc(-c2cc(-c3ccc4ccc5oc6ccccc6c5c4c3)ccc2-c2cccc(N(c3ccc(-c4ccc5ccccc5c4)cc3)c3ccccc3-c3ccccc3)c2)cc1. The summed E-state index contributed by atoms with van der Waals surface area (Å²) in [6.07, 6.45) is 0. The van der Waals surface area contributed by atoms with Crippen LogP contribution in [0.4, 0.5) is 17.1 Å². The molecule has 64 heavy (non-hydrogen) atoms. The van der Waals surface area contributed by atoms with Crippen LogP contribution in [0.5, 0.6) is 0 Å². The molecule has 0 bridgehead atoms. The molecule has 1 aromatic heterocycles. The zero-order valence-corrected chi connectivity index (χ0v) is 35.0. The van der Waals surface area contributed by atoms with Gasteiger partial charge in [-0.1, -0.05) is 188 Å². The molecular formula is C62H41NO. The topological polar surface area (TPSA) is 16.4 Å². The first-order chi connectivity index (χ1) is 31.7. The molecule has 0 spiro atoms. The van der Waals surface area contributed by atoms with E-state index >= 15 is 0 Å². The second-order valence-electron chi connectivity index (χ2n) is 16.5. The van der Waals surface area contributed by atoms with Crippen LogP contribution < -0.4 is 4.90 Å². The summed E-state index contributed by atoms with van der Waals surface area (Å²) in [5.74, 6) is 0. The number of nitrogens with zero attached hydrogens (tertiary/aromatic N) is 1. The van der Waals surface area contributed by atoms with Gasteiger partial charge in [0.15, 0.2) is 0 Å². The van der Waals surface area contributed by atoms with E-state index in [0.29, 0.717) is 0 Å². The van der Waals surface area contributed by atoms with Gasteiger partial charge in [0.2, 0.25) is 0 Å². The summed E-state index contributed by atoms with van der Waals surface area (Å²) in [6.45, 7) is 0. The molecule has 0 radical (unpaired) electrons. The van der Waals surface area contributed by atoms with Crippen LogP contribution in [0.3, 0.4) is 0 Å². The van der Waals surface area contributed by atoms with Gasteiger partial charge in [-0.25, -0.2) is 0 Å². The lowest BCUT2D eigenvalue weighted by Gasteiger charge is -2.28. The van der Waals surface area contributed by atoms with Gasteiger partial charge in [-0.15, -0.1) is 0 Å². The molecular weight excluding hydrogens is 775 g/mol.